The highest BCUT2D eigenvalue weighted by molar-refractivity contribution is 5.76. The molecule has 0 saturated heterocycles. The minimum atomic E-state index is 0.0779. The van der Waals surface area contributed by atoms with Crippen molar-refractivity contribution in [2.75, 3.05) is 13.6 Å². The minimum absolute atomic E-state index is 0.0779. The van der Waals surface area contributed by atoms with Gasteiger partial charge in [-0.05, 0) is 24.8 Å². The first kappa shape index (κ1) is 12.1. The highest BCUT2D eigenvalue weighted by atomic mass is 16.2. The van der Waals surface area contributed by atoms with E-state index in [0.29, 0.717) is 19.5 Å². The number of carbonyl (C=O) groups is 1. The summed E-state index contributed by atoms with van der Waals surface area (Å²) < 4.78 is 0. The Kier molecular flexibility index (Phi) is 3.47. The van der Waals surface area contributed by atoms with E-state index in [4.69, 9.17) is 5.73 Å². The Morgan fingerprint density at radius 2 is 2.41 bits per heavy atom. The number of hydrogen-bond acceptors (Lipinski definition) is 3. The average molecular weight is 236 g/mol. The van der Waals surface area contributed by atoms with Gasteiger partial charge in [-0.1, -0.05) is 6.42 Å². The average Bonchev–Trinajstić information content (AvgIpc) is 2.75. The summed E-state index contributed by atoms with van der Waals surface area (Å²) in [6.45, 7) is 1.15. The van der Waals surface area contributed by atoms with Crippen molar-refractivity contribution in [2.45, 2.75) is 32.2 Å². The molecule has 0 radical (unpaired) electrons. The molecule has 1 aliphatic rings. The van der Waals surface area contributed by atoms with E-state index in [1.54, 1.807) is 17.3 Å². The molecule has 94 valence electrons. The number of nitrogens with one attached hydrogen (secondary N) is 1. The van der Waals surface area contributed by atoms with E-state index in [0.717, 1.165) is 18.7 Å². The highest BCUT2D eigenvalue weighted by Crippen LogP contribution is 2.43. The zero-order chi connectivity index (χ0) is 12.3. The fourth-order valence-electron chi connectivity index (χ4n) is 2.28. The Labute approximate surface area is 101 Å². The van der Waals surface area contributed by atoms with E-state index in [1.165, 1.54) is 6.42 Å². The summed E-state index contributed by atoms with van der Waals surface area (Å²) in [5.74, 6) is 0.975. The summed E-state index contributed by atoms with van der Waals surface area (Å²) >= 11 is 0. The van der Waals surface area contributed by atoms with Crippen LogP contribution in [-0.4, -0.2) is 34.4 Å². The maximum Gasteiger partial charge on any atom is 0.223 e. The number of hydrogen-bond donors (Lipinski definition) is 2. The van der Waals surface area contributed by atoms with Gasteiger partial charge in [0.2, 0.25) is 5.91 Å². The molecular formula is C12H20N4O. The standard InChI is InChI=1S/C12H20N4O/c1-16(8-10-14-5-6-15-10)11(17)7-12(9-13)3-2-4-12/h5-6H,2-4,7-9,13H2,1H3,(H,14,15). The second-order valence-corrected chi connectivity index (χ2v) is 5.02. The van der Waals surface area contributed by atoms with Crippen LogP contribution in [-0.2, 0) is 11.3 Å². The van der Waals surface area contributed by atoms with Gasteiger partial charge in [-0.15, -0.1) is 0 Å². The summed E-state index contributed by atoms with van der Waals surface area (Å²) in [5.41, 5.74) is 5.84. The maximum atomic E-state index is 12.1. The van der Waals surface area contributed by atoms with Gasteiger partial charge in [-0.2, -0.15) is 0 Å². The van der Waals surface area contributed by atoms with Gasteiger partial charge in [-0.3, -0.25) is 4.79 Å². The molecule has 17 heavy (non-hydrogen) atoms. The molecule has 2 rings (SSSR count). The number of aromatic amines is 1. The van der Waals surface area contributed by atoms with Gasteiger partial charge in [0.25, 0.3) is 0 Å². The molecule has 1 amide bonds. The molecule has 1 aliphatic carbocycles. The number of amides is 1. The van der Waals surface area contributed by atoms with Gasteiger partial charge >= 0.3 is 0 Å². The Morgan fingerprint density at radius 3 is 2.88 bits per heavy atom. The zero-order valence-corrected chi connectivity index (χ0v) is 10.3. The lowest BCUT2D eigenvalue weighted by atomic mass is 9.66. The van der Waals surface area contributed by atoms with Crippen LogP contribution in [0, 0.1) is 5.41 Å². The fourth-order valence-corrected chi connectivity index (χ4v) is 2.28. The summed E-state index contributed by atoms with van der Waals surface area (Å²) in [5, 5.41) is 0. The van der Waals surface area contributed by atoms with E-state index in [1.807, 2.05) is 7.05 Å². The number of nitrogens with two attached hydrogens (primary N) is 1. The van der Waals surface area contributed by atoms with Crippen LogP contribution in [0.5, 0.6) is 0 Å². The molecular weight excluding hydrogens is 216 g/mol. The summed E-state index contributed by atoms with van der Waals surface area (Å²) in [6.07, 6.45) is 7.41. The number of imidazole rings is 1. The molecule has 0 atom stereocenters. The molecule has 0 unspecified atom stereocenters. The molecule has 3 N–H and O–H groups in total. The quantitative estimate of drug-likeness (QED) is 0.797. The van der Waals surface area contributed by atoms with Crippen LogP contribution < -0.4 is 5.73 Å². The molecule has 0 aliphatic heterocycles. The largest absolute Gasteiger partial charge is 0.347 e. The van der Waals surface area contributed by atoms with Crippen LogP contribution in [0.1, 0.15) is 31.5 Å². The second-order valence-electron chi connectivity index (χ2n) is 5.02. The van der Waals surface area contributed by atoms with Crippen molar-refractivity contribution in [1.82, 2.24) is 14.9 Å². The van der Waals surface area contributed by atoms with Gasteiger partial charge in [-0.25, -0.2) is 4.98 Å². The van der Waals surface area contributed by atoms with Crippen LogP contribution in [0.3, 0.4) is 0 Å². The van der Waals surface area contributed by atoms with Crippen molar-refractivity contribution < 1.29 is 4.79 Å². The monoisotopic (exact) mass is 236 g/mol. The van der Waals surface area contributed by atoms with Crippen molar-refractivity contribution in [3.63, 3.8) is 0 Å². The predicted octanol–water partition coefficient (Wildman–Crippen LogP) is 0.887. The molecule has 5 nitrogen and oxygen atoms in total. The van der Waals surface area contributed by atoms with Gasteiger partial charge < -0.3 is 15.6 Å². The lowest BCUT2D eigenvalue weighted by molar-refractivity contribution is -0.134. The van der Waals surface area contributed by atoms with Crippen molar-refractivity contribution in [3.05, 3.63) is 18.2 Å². The van der Waals surface area contributed by atoms with E-state index in [9.17, 15) is 4.79 Å². The van der Waals surface area contributed by atoms with Crippen molar-refractivity contribution >= 4 is 5.91 Å². The first-order chi connectivity index (χ1) is 8.15. The third-order valence-corrected chi connectivity index (χ3v) is 3.74. The highest BCUT2D eigenvalue weighted by Gasteiger charge is 2.38. The summed E-state index contributed by atoms with van der Waals surface area (Å²) in [7, 11) is 1.81. The number of nitrogens with zero attached hydrogens (tertiary/aromatic N) is 2. The minimum Gasteiger partial charge on any atom is -0.347 e. The lowest BCUT2D eigenvalue weighted by Gasteiger charge is -2.41. The molecule has 1 aromatic heterocycles. The maximum absolute atomic E-state index is 12.1. The summed E-state index contributed by atoms with van der Waals surface area (Å²) in [6, 6.07) is 0. The molecule has 5 heteroatoms. The molecule has 0 aromatic carbocycles. The zero-order valence-electron chi connectivity index (χ0n) is 10.3. The number of rotatable bonds is 5. The first-order valence-corrected chi connectivity index (χ1v) is 6.07. The van der Waals surface area contributed by atoms with E-state index < -0.39 is 0 Å². The molecule has 1 aromatic rings. The van der Waals surface area contributed by atoms with Gasteiger partial charge in [0.1, 0.15) is 5.82 Å². The first-order valence-electron chi connectivity index (χ1n) is 6.07. The third-order valence-electron chi connectivity index (χ3n) is 3.74. The predicted molar refractivity (Wildman–Crippen MR) is 65.0 cm³/mol. The SMILES string of the molecule is CN(Cc1ncc[nH]1)C(=O)CC1(CN)CCC1. The summed E-state index contributed by atoms with van der Waals surface area (Å²) in [4.78, 5) is 20.9. The van der Waals surface area contributed by atoms with Crippen LogP contribution in [0.25, 0.3) is 0 Å². The molecule has 1 heterocycles. The van der Waals surface area contributed by atoms with Crippen molar-refractivity contribution in [3.8, 4) is 0 Å². The van der Waals surface area contributed by atoms with Crippen LogP contribution in [0.2, 0.25) is 0 Å². The number of carbonyl (C=O) groups excluding carboxylic acids is 1. The molecule has 1 fully saturated rings. The van der Waals surface area contributed by atoms with Crippen molar-refractivity contribution in [2.24, 2.45) is 11.1 Å². The second kappa shape index (κ2) is 4.87. The topological polar surface area (TPSA) is 75.0 Å². The van der Waals surface area contributed by atoms with Gasteiger partial charge in [0, 0.05) is 25.9 Å². The number of aromatic nitrogens is 2. The third kappa shape index (κ3) is 2.66. The lowest BCUT2D eigenvalue weighted by Crippen LogP contribution is -2.42. The van der Waals surface area contributed by atoms with E-state index in [2.05, 4.69) is 9.97 Å². The Morgan fingerprint density at radius 1 is 1.65 bits per heavy atom. The van der Waals surface area contributed by atoms with E-state index in [-0.39, 0.29) is 11.3 Å². The Bertz CT molecular complexity index is 364. The van der Waals surface area contributed by atoms with E-state index >= 15 is 0 Å². The van der Waals surface area contributed by atoms with Gasteiger partial charge in [0.05, 0.1) is 6.54 Å². The fraction of sp³-hybridized carbons (Fsp3) is 0.667. The molecule has 0 bridgehead atoms. The smallest absolute Gasteiger partial charge is 0.223 e. The Balaban J connectivity index is 1.87. The van der Waals surface area contributed by atoms with Crippen LogP contribution in [0.4, 0.5) is 0 Å². The van der Waals surface area contributed by atoms with Crippen molar-refractivity contribution in [1.29, 1.82) is 0 Å². The van der Waals surface area contributed by atoms with Gasteiger partial charge in [0.15, 0.2) is 0 Å². The van der Waals surface area contributed by atoms with Crippen LogP contribution in [0.15, 0.2) is 12.4 Å². The number of H-pyrrole nitrogens is 1. The normalized spacial score (nSPS) is 17.5. The molecule has 0 spiro atoms. The van der Waals surface area contributed by atoms with Crippen LogP contribution >= 0.6 is 0 Å². The Hall–Kier alpha value is -1.36. The molecule has 1 saturated carbocycles.